The maximum absolute atomic E-state index is 12.7. The Hall–Kier alpha value is -2.14. The van der Waals surface area contributed by atoms with Crippen LogP contribution < -0.4 is 10.6 Å². The highest BCUT2D eigenvalue weighted by Gasteiger charge is 2.62. The van der Waals surface area contributed by atoms with E-state index in [1.54, 1.807) is 30.0 Å². The smallest absolute Gasteiger partial charge is 0.352 e. The lowest BCUT2D eigenvalue weighted by atomic mass is 9.70. The van der Waals surface area contributed by atoms with Gasteiger partial charge in [0.05, 0.1) is 28.3 Å². The Balaban J connectivity index is 1.33. The standard InChI is InChI=1S/C24H30N4O4S2/c1-12(29)18-20-15-5-3-4-13(19(15)21(23(31)32)28(20)22(18)30)11-33-24-27-16-7-6-14(10-17(16)34-24)26-9-8-25-2/h6-7,10,12-13,15,18,20,25-26,29H,3-5,8-9,11H2,1-2H3,(H,31,32)/t12-,13-,15+,18-,20-/m1/s1. The van der Waals surface area contributed by atoms with E-state index in [0.29, 0.717) is 0 Å². The van der Waals surface area contributed by atoms with E-state index in [4.69, 9.17) is 4.98 Å². The van der Waals surface area contributed by atoms with Gasteiger partial charge in [0.15, 0.2) is 4.34 Å². The first-order chi connectivity index (χ1) is 16.4. The van der Waals surface area contributed by atoms with Crippen molar-refractivity contribution in [3.63, 3.8) is 0 Å². The van der Waals surface area contributed by atoms with Crippen LogP contribution in [0.15, 0.2) is 33.8 Å². The SMILES string of the molecule is CNCCNc1ccc2nc(SC[C@H]3CCC[C@H]4C3=C(C(=O)O)N3C(=O)[C@H]([C@@H](C)O)[C@@H]43)sc2c1. The minimum Gasteiger partial charge on any atom is -0.477 e. The summed E-state index contributed by atoms with van der Waals surface area (Å²) in [4.78, 5) is 31.1. The van der Waals surface area contributed by atoms with E-state index in [1.807, 2.05) is 19.2 Å². The Kier molecular flexibility index (Phi) is 6.58. The number of amides is 1. The number of aromatic nitrogens is 1. The molecule has 0 bridgehead atoms. The third-order valence-corrected chi connectivity index (χ3v) is 9.55. The van der Waals surface area contributed by atoms with Gasteiger partial charge in [0, 0.05) is 30.4 Å². The van der Waals surface area contributed by atoms with E-state index in [-0.39, 0.29) is 29.5 Å². The number of aliphatic hydroxyl groups excluding tert-OH is 1. The number of anilines is 1. The summed E-state index contributed by atoms with van der Waals surface area (Å²) in [6.07, 6.45) is 2.01. The summed E-state index contributed by atoms with van der Waals surface area (Å²) in [5, 5.41) is 26.6. The van der Waals surface area contributed by atoms with Crippen LogP contribution in [0.3, 0.4) is 0 Å². The zero-order valence-corrected chi connectivity index (χ0v) is 20.9. The first-order valence-corrected chi connectivity index (χ1v) is 13.6. The van der Waals surface area contributed by atoms with Crippen molar-refractivity contribution in [3.8, 4) is 0 Å². The van der Waals surface area contributed by atoms with E-state index in [9.17, 15) is 19.8 Å². The lowest BCUT2D eigenvalue weighted by molar-refractivity contribution is -0.163. The molecule has 34 heavy (non-hydrogen) atoms. The number of benzene rings is 1. The van der Waals surface area contributed by atoms with Crippen molar-refractivity contribution in [1.29, 1.82) is 0 Å². The Morgan fingerprint density at radius 2 is 2.18 bits per heavy atom. The third kappa shape index (κ3) is 4.00. The fourth-order valence-corrected chi connectivity index (χ4v) is 8.05. The summed E-state index contributed by atoms with van der Waals surface area (Å²) >= 11 is 3.33. The van der Waals surface area contributed by atoms with Crippen molar-refractivity contribution in [2.45, 2.75) is 42.7 Å². The summed E-state index contributed by atoms with van der Waals surface area (Å²) in [6, 6.07) is 5.99. The number of thioether (sulfide) groups is 1. The third-order valence-electron chi connectivity index (χ3n) is 7.23. The molecule has 8 nitrogen and oxygen atoms in total. The van der Waals surface area contributed by atoms with Crippen LogP contribution in [-0.2, 0) is 9.59 Å². The normalized spacial score (nSPS) is 26.9. The van der Waals surface area contributed by atoms with Gasteiger partial charge in [-0.1, -0.05) is 18.2 Å². The topological polar surface area (TPSA) is 115 Å². The van der Waals surface area contributed by atoms with E-state index >= 15 is 0 Å². The minimum atomic E-state index is -1.03. The molecule has 3 heterocycles. The molecule has 2 aliphatic heterocycles. The quantitative estimate of drug-likeness (QED) is 0.235. The van der Waals surface area contributed by atoms with Crippen molar-refractivity contribution in [3.05, 3.63) is 29.5 Å². The Bertz CT molecular complexity index is 1150. The highest BCUT2D eigenvalue weighted by Crippen LogP contribution is 2.54. The molecule has 10 heteroatoms. The monoisotopic (exact) mass is 502 g/mol. The molecule has 2 fully saturated rings. The Morgan fingerprint density at radius 1 is 1.35 bits per heavy atom. The molecular formula is C24H30N4O4S2. The number of fused-ring (bicyclic) bond motifs is 4. The number of β-lactam (4-membered cyclic amide) rings is 1. The highest BCUT2D eigenvalue weighted by molar-refractivity contribution is 8.01. The van der Waals surface area contributed by atoms with Gasteiger partial charge in [0.2, 0.25) is 5.91 Å². The van der Waals surface area contributed by atoms with E-state index in [1.165, 1.54) is 4.90 Å². The number of nitrogens with one attached hydrogen (secondary N) is 2. The van der Waals surface area contributed by atoms with Gasteiger partial charge in [-0.3, -0.25) is 4.79 Å². The number of rotatable bonds is 9. The molecule has 4 N–H and O–H groups in total. The molecule has 5 rings (SSSR count). The number of carbonyl (C=O) groups is 2. The summed E-state index contributed by atoms with van der Waals surface area (Å²) < 4.78 is 2.10. The molecule has 0 radical (unpaired) electrons. The molecule has 1 aromatic heterocycles. The van der Waals surface area contributed by atoms with E-state index < -0.39 is 18.0 Å². The number of carbonyl (C=O) groups excluding carboxylic acids is 1. The van der Waals surface area contributed by atoms with Crippen LogP contribution in [0.2, 0.25) is 0 Å². The predicted molar refractivity (Wildman–Crippen MR) is 134 cm³/mol. The van der Waals surface area contributed by atoms with Gasteiger partial charge in [-0.05, 0) is 56.5 Å². The number of thiazole rings is 1. The fraction of sp³-hybridized carbons (Fsp3) is 0.542. The second kappa shape index (κ2) is 9.49. The van der Waals surface area contributed by atoms with Gasteiger partial charge in [-0.25, -0.2) is 9.78 Å². The van der Waals surface area contributed by atoms with Crippen LogP contribution in [0.5, 0.6) is 0 Å². The molecule has 1 aromatic carbocycles. The molecule has 1 amide bonds. The number of nitrogens with zero attached hydrogens (tertiary/aromatic N) is 2. The fourth-order valence-electron chi connectivity index (χ4n) is 5.75. The van der Waals surface area contributed by atoms with Crippen molar-refractivity contribution in [2.24, 2.45) is 17.8 Å². The lowest BCUT2D eigenvalue weighted by Gasteiger charge is -2.47. The number of aliphatic hydroxyl groups is 1. The summed E-state index contributed by atoms with van der Waals surface area (Å²) in [7, 11) is 1.93. The summed E-state index contributed by atoms with van der Waals surface area (Å²) in [5.41, 5.74) is 3.12. The van der Waals surface area contributed by atoms with Gasteiger partial charge in [0.25, 0.3) is 0 Å². The van der Waals surface area contributed by atoms with Crippen LogP contribution >= 0.6 is 23.1 Å². The molecule has 5 atom stereocenters. The average molecular weight is 503 g/mol. The molecule has 1 aliphatic carbocycles. The van der Waals surface area contributed by atoms with Crippen LogP contribution in [0.1, 0.15) is 26.2 Å². The average Bonchev–Trinajstić information content (AvgIpc) is 3.34. The molecule has 0 unspecified atom stereocenters. The maximum atomic E-state index is 12.7. The number of carboxylic acids is 1. The highest BCUT2D eigenvalue weighted by atomic mass is 32.2. The summed E-state index contributed by atoms with van der Waals surface area (Å²) in [5.74, 6) is -0.920. The van der Waals surface area contributed by atoms with Gasteiger partial charge in [-0.2, -0.15) is 0 Å². The Morgan fingerprint density at radius 3 is 2.91 bits per heavy atom. The van der Waals surface area contributed by atoms with Gasteiger partial charge in [0.1, 0.15) is 5.70 Å². The zero-order chi connectivity index (χ0) is 24.0. The molecular weight excluding hydrogens is 472 g/mol. The summed E-state index contributed by atoms with van der Waals surface area (Å²) in [6.45, 7) is 3.37. The molecule has 3 aliphatic rings. The first kappa shape index (κ1) is 23.6. The number of aliphatic carboxylic acids is 1. The molecule has 182 valence electrons. The molecule has 1 saturated heterocycles. The molecule has 2 aromatic rings. The van der Waals surface area contributed by atoms with E-state index in [0.717, 1.165) is 63.9 Å². The second-order valence-electron chi connectivity index (χ2n) is 9.31. The largest absolute Gasteiger partial charge is 0.477 e. The van der Waals surface area contributed by atoms with Crippen LogP contribution in [0.4, 0.5) is 5.69 Å². The number of hydrogen-bond acceptors (Lipinski definition) is 8. The first-order valence-electron chi connectivity index (χ1n) is 11.8. The van der Waals surface area contributed by atoms with Crippen LogP contribution in [-0.4, -0.2) is 70.0 Å². The van der Waals surface area contributed by atoms with Gasteiger partial charge in [-0.15, -0.1) is 11.3 Å². The van der Waals surface area contributed by atoms with Crippen molar-refractivity contribution in [1.82, 2.24) is 15.2 Å². The van der Waals surface area contributed by atoms with Gasteiger partial charge >= 0.3 is 5.97 Å². The van der Waals surface area contributed by atoms with Crippen molar-refractivity contribution in [2.75, 3.05) is 31.2 Å². The second-order valence-corrected chi connectivity index (χ2v) is 11.6. The predicted octanol–water partition coefficient (Wildman–Crippen LogP) is 3.00. The van der Waals surface area contributed by atoms with Crippen LogP contribution in [0, 0.1) is 17.8 Å². The zero-order valence-electron chi connectivity index (χ0n) is 19.3. The van der Waals surface area contributed by atoms with Crippen molar-refractivity contribution >= 4 is 50.9 Å². The number of carboxylic acid groups (broad SMARTS) is 1. The van der Waals surface area contributed by atoms with E-state index in [2.05, 4.69) is 16.7 Å². The lowest BCUT2D eigenvalue weighted by Crippen LogP contribution is -2.64. The maximum Gasteiger partial charge on any atom is 0.352 e. The van der Waals surface area contributed by atoms with Crippen LogP contribution in [0.25, 0.3) is 10.2 Å². The number of hydrogen-bond donors (Lipinski definition) is 4. The minimum absolute atomic E-state index is 0.0318. The van der Waals surface area contributed by atoms with Gasteiger partial charge < -0.3 is 25.7 Å². The number of likely N-dealkylation sites (N-methyl/N-ethyl adjacent to an activating group) is 1. The molecule has 0 spiro atoms. The molecule has 1 saturated carbocycles. The Labute approximate surface area is 206 Å². The van der Waals surface area contributed by atoms with Crippen molar-refractivity contribution < 1.29 is 19.8 Å².